The van der Waals surface area contributed by atoms with Crippen LogP contribution in [0.5, 0.6) is 0 Å². The van der Waals surface area contributed by atoms with E-state index in [4.69, 9.17) is 0 Å². The maximum atomic E-state index is 12.5. The second kappa shape index (κ2) is 11.0. The fraction of sp³-hybridized carbons (Fsp3) is 0.571. The molecule has 24 heavy (non-hydrogen) atoms. The van der Waals surface area contributed by atoms with Crippen molar-refractivity contribution in [3.05, 3.63) is 48.0 Å². The molecule has 0 saturated carbocycles. The van der Waals surface area contributed by atoms with Crippen LogP contribution in [0, 0.1) is 5.92 Å². The number of carbonyl (C=O) groups is 1. The quantitative estimate of drug-likeness (QED) is 0.766. The van der Waals surface area contributed by atoms with Gasteiger partial charge in [-0.3, -0.25) is 9.69 Å². The highest BCUT2D eigenvalue weighted by atomic mass is 16.2. The van der Waals surface area contributed by atoms with Gasteiger partial charge in [0.2, 0.25) is 5.91 Å². The highest BCUT2D eigenvalue weighted by molar-refractivity contribution is 5.81. The Labute approximate surface area is 148 Å². The molecule has 3 heteroatoms. The normalized spacial score (nSPS) is 16.8. The van der Waals surface area contributed by atoms with Crippen molar-refractivity contribution in [3.8, 4) is 0 Å². The van der Waals surface area contributed by atoms with Crippen molar-refractivity contribution in [2.24, 2.45) is 5.92 Å². The number of amides is 1. The molecule has 0 unspecified atom stereocenters. The standard InChI is InChI=1S/C17H26N2O.C4H8/c1-14-9-11-19(12-10-14)17(20)15(2)18(3)13-16-7-5-4-6-8-16;1-3-4-2/h4-8,14-15H,9-13H2,1-3H3;3-4H,1-2H3/b;4-3-/t15-;/m0./s1. The first-order valence-electron chi connectivity index (χ1n) is 9.09. The molecule has 0 bridgehead atoms. The smallest absolute Gasteiger partial charge is 0.239 e. The van der Waals surface area contributed by atoms with Gasteiger partial charge in [-0.1, -0.05) is 49.4 Å². The lowest BCUT2D eigenvalue weighted by Crippen LogP contribution is -2.48. The van der Waals surface area contributed by atoms with Crippen molar-refractivity contribution in [3.63, 3.8) is 0 Å². The van der Waals surface area contributed by atoms with E-state index in [2.05, 4.69) is 24.0 Å². The van der Waals surface area contributed by atoms with E-state index in [1.54, 1.807) is 0 Å². The molecule has 0 N–H and O–H groups in total. The van der Waals surface area contributed by atoms with Crippen LogP contribution in [0.25, 0.3) is 0 Å². The van der Waals surface area contributed by atoms with Gasteiger partial charge in [0.15, 0.2) is 0 Å². The number of hydrogen-bond acceptors (Lipinski definition) is 2. The molecule has 1 atom stereocenters. The lowest BCUT2D eigenvalue weighted by molar-refractivity contribution is -0.137. The number of nitrogens with zero attached hydrogens (tertiary/aromatic N) is 2. The van der Waals surface area contributed by atoms with Crippen LogP contribution < -0.4 is 0 Å². The first-order chi connectivity index (χ1) is 11.5. The maximum Gasteiger partial charge on any atom is 0.239 e. The van der Waals surface area contributed by atoms with Gasteiger partial charge in [0.05, 0.1) is 6.04 Å². The molecule has 134 valence electrons. The average molecular weight is 331 g/mol. The molecule has 3 nitrogen and oxygen atoms in total. The molecule has 1 aliphatic heterocycles. The van der Waals surface area contributed by atoms with Crippen LogP contribution in [0.2, 0.25) is 0 Å². The topological polar surface area (TPSA) is 23.6 Å². The van der Waals surface area contributed by atoms with Crippen LogP contribution in [0.4, 0.5) is 0 Å². The van der Waals surface area contributed by atoms with Crippen LogP contribution in [0.1, 0.15) is 46.1 Å². The van der Waals surface area contributed by atoms with E-state index >= 15 is 0 Å². The maximum absolute atomic E-state index is 12.5. The fourth-order valence-electron chi connectivity index (χ4n) is 2.69. The van der Waals surface area contributed by atoms with Gasteiger partial charge in [0.25, 0.3) is 0 Å². The van der Waals surface area contributed by atoms with E-state index in [1.165, 1.54) is 5.56 Å². The van der Waals surface area contributed by atoms with Gasteiger partial charge in [-0.25, -0.2) is 0 Å². The van der Waals surface area contributed by atoms with E-state index in [9.17, 15) is 4.79 Å². The fourth-order valence-corrected chi connectivity index (χ4v) is 2.69. The van der Waals surface area contributed by atoms with Crippen molar-refractivity contribution in [2.75, 3.05) is 20.1 Å². The summed E-state index contributed by atoms with van der Waals surface area (Å²) >= 11 is 0. The Kier molecular flexibility index (Phi) is 9.39. The third-order valence-corrected chi connectivity index (χ3v) is 4.72. The monoisotopic (exact) mass is 330 g/mol. The van der Waals surface area contributed by atoms with Gasteiger partial charge < -0.3 is 4.90 Å². The third-order valence-electron chi connectivity index (χ3n) is 4.72. The predicted octanol–water partition coefficient (Wildman–Crippen LogP) is 4.35. The Morgan fingerprint density at radius 2 is 1.75 bits per heavy atom. The Morgan fingerprint density at radius 1 is 1.21 bits per heavy atom. The van der Waals surface area contributed by atoms with Crippen molar-refractivity contribution in [2.45, 2.75) is 53.1 Å². The Hall–Kier alpha value is -1.61. The highest BCUT2D eigenvalue weighted by Crippen LogP contribution is 2.18. The van der Waals surface area contributed by atoms with E-state index in [0.717, 1.165) is 38.4 Å². The summed E-state index contributed by atoms with van der Waals surface area (Å²) < 4.78 is 0. The van der Waals surface area contributed by atoms with Crippen LogP contribution >= 0.6 is 0 Å². The summed E-state index contributed by atoms with van der Waals surface area (Å²) in [4.78, 5) is 16.7. The predicted molar refractivity (Wildman–Crippen MR) is 103 cm³/mol. The van der Waals surface area contributed by atoms with Crippen molar-refractivity contribution >= 4 is 5.91 Å². The number of likely N-dealkylation sites (N-methyl/N-ethyl adjacent to an activating group) is 1. The first kappa shape index (κ1) is 20.4. The summed E-state index contributed by atoms with van der Waals surface area (Å²) in [6, 6.07) is 10.3. The summed E-state index contributed by atoms with van der Waals surface area (Å²) in [5, 5.41) is 0. The Morgan fingerprint density at radius 3 is 2.25 bits per heavy atom. The molecule has 0 radical (unpaired) electrons. The lowest BCUT2D eigenvalue weighted by Gasteiger charge is -2.34. The molecular formula is C21H34N2O. The van der Waals surface area contributed by atoms with E-state index in [-0.39, 0.29) is 11.9 Å². The molecule has 1 heterocycles. The zero-order valence-electron chi connectivity index (χ0n) is 16.0. The zero-order chi connectivity index (χ0) is 17.9. The minimum absolute atomic E-state index is 0.0522. The van der Waals surface area contributed by atoms with E-state index < -0.39 is 0 Å². The molecule has 1 fully saturated rings. The molecule has 2 rings (SSSR count). The van der Waals surface area contributed by atoms with Crippen LogP contribution in [0.15, 0.2) is 42.5 Å². The minimum atomic E-state index is -0.0522. The highest BCUT2D eigenvalue weighted by Gasteiger charge is 2.26. The van der Waals surface area contributed by atoms with Crippen molar-refractivity contribution < 1.29 is 4.79 Å². The molecular weight excluding hydrogens is 296 g/mol. The third kappa shape index (κ3) is 6.88. The van der Waals surface area contributed by atoms with Crippen LogP contribution in [-0.2, 0) is 11.3 Å². The number of rotatable bonds is 4. The molecule has 0 aliphatic carbocycles. The summed E-state index contributed by atoms with van der Waals surface area (Å²) in [7, 11) is 2.03. The SMILES string of the molecule is C/C=C\C.CC1CCN(C(=O)[C@H](C)N(C)Cc2ccccc2)CC1. The van der Waals surface area contributed by atoms with Gasteiger partial charge in [0, 0.05) is 19.6 Å². The summed E-state index contributed by atoms with van der Waals surface area (Å²) in [5.41, 5.74) is 1.25. The number of benzene rings is 1. The number of likely N-dealkylation sites (tertiary alicyclic amines) is 1. The molecule has 1 amide bonds. The second-order valence-corrected chi connectivity index (χ2v) is 6.75. The van der Waals surface area contributed by atoms with Gasteiger partial charge in [-0.2, -0.15) is 0 Å². The molecule has 1 saturated heterocycles. The molecule has 0 spiro atoms. The number of allylic oxidation sites excluding steroid dienone is 2. The van der Waals surface area contributed by atoms with Crippen molar-refractivity contribution in [1.82, 2.24) is 9.80 Å². The molecule has 1 aromatic carbocycles. The minimum Gasteiger partial charge on any atom is -0.341 e. The number of hydrogen-bond donors (Lipinski definition) is 0. The Balaban J connectivity index is 0.000000648. The summed E-state index contributed by atoms with van der Waals surface area (Å²) in [6.07, 6.45) is 6.28. The zero-order valence-corrected chi connectivity index (χ0v) is 16.0. The average Bonchev–Trinajstić information content (AvgIpc) is 2.62. The van der Waals surface area contributed by atoms with Gasteiger partial charge in [-0.15, -0.1) is 0 Å². The van der Waals surface area contributed by atoms with Gasteiger partial charge in [-0.05, 0) is 52.1 Å². The lowest BCUT2D eigenvalue weighted by atomic mass is 9.98. The number of piperidine rings is 1. The van der Waals surface area contributed by atoms with Gasteiger partial charge >= 0.3 is 0 Å². The molecule has 1 aliphatic rings. The van der Waals surface area contributed by atoms with Crippen molar-refractivity contribution in [1.29, 1.82) is 0 Å². The number of carbonyl (C=O) groups excluding carboxylic acids is 1. The summed E-state index contributed by atoms with van der Waals surface area (Å²) in [5.74, 6) is 1.03. The van der Waals surface area contributed by atoms with E-state index in [1.807, 2.05) is 63.1 Å². The molecule has 0 aromatic heterocycles. The Bertz CT molecular complexity index is 486. The second-order valence-electron chi connectivity index (χ2n) is 6.75. The largest absolute Gasteiger partial charge is 0.341 e. The molecule has 1 aromatic rings. The van der Waals surface area contributed by atoms with E-state index in [0.29, 0.717) is 0 Å². The van der Waals surface area contributed by atoms with Crippen LogP contribution in [0.3, 0.4) is 0 Å². The first-order valence-corrected chi connectivity index (χ1v) is 9.09. The van der Waals surface area contributed by atoms with Gasteiger partial charge in [0.1, 0.15) is 0 Å². The van der Waals surface area contributed by atoms with Crippen LogP contribution in [-0.4, -0.2) is 41.9 Å². The summed E-state index contributed by atoms with van der Waals surface area (Å²) in [6.45, 7) is 10.9.